The highest BCUT2D eigenvalue weighted by Gasteiger charge is 2.26. The summed E-state index contributed by atoms with van der Waals surface area (Å²) in [5, 5.41) is 11.9. The first-order chi connectivity index (χ1) is 10.6. The highest BCUT2D eigenvalue weighted by Crippen LogP contribution is 2.17. The predicted octanol–water partition coefficient (Wildman–Crippen LogP) is 1.11. The largest absolute Gasteiger partial charge is 0.496 e. The Labute approximate surface area is 130 Å². The standard InChI is InChI=1S/C16H22N2O4/c1-22-14-7-3-2-5-12(14)9-17-15(19)11-18-8-4-6-13(10-18)16(20)21/h2-3,5,7,13H,4,6,8-11H2,1H3,(H,17,19)(H,20,21). The summed E-state index contributed by atoms with van der Waals surface area (Å²) in [5.74, 6) is -0.501. The van der Waals surface area contributed by atoms with Crippen LogP contribution in [0.3, 0.4) is 0 Å². The van der Waals surface area contributed by atoms with Gasteiger partial charge in [-0.05, 0) is 25.5 Å². The van der Waals surface area contributed by atoms with Gasteiger partial charge in [0.2, 0.25) is 5.91 Å². The Morgan fingerprint density at radius 2 is 2.18 bits per heavy atom. The zero-order valence-corrected chi connectivity index (χ0v) is 12.7. The summed E-state index contributed by atoms with van der Waals surface area (Å²) >= 11 is 0. The summed E-state index contributed by atoms with van der Waals surface area (Å²) in [7, 11) is 1.60. The molecule has 1 aromatic carbocycles. The van der Waals surface area contributed by atoms with Gasteiger partial charge in [0, 0.05) is 18.7 Å². The quantitative estimate of drug-likeness (QED) is 0.823. The molecule has 1 aliphatic heterocycles. The summed E-state index contributed by atoms with van der Waals surface area (Å²) in [6, 6.07) is 7.53. The fourth-order valence-electron chi connectivity index (χ4n) is 2.70. The van der Waals surface area contributed by atoms with Crippen molar-refractivity contribution in [2.45, 2.75) is 19.4 Å². The van der Waals surface area contributed by atoms with E-state index in [2.05, 4.69) is 5.32 Å². The Bertz CT molecular complexity index is 533. The lowest BCUT2D eigenvalue weighted by atomic mass is 9.98. The van der Waals surface area contributed by atoms with Gasteiger partial charge in [0.05, 0.1) is 19.6 Å². The number of carboxylic acid groups (broad SMARTS) is 1. The van der Waals surface area contributed by atoms with Crippen molar-refractivity contribution in [3.05, 3.63) is 29.8 Å². The van der Waals surface area contributed by atoms with Crippen LogP contribution < -0.4 is 10.1 Å². The number of rotatable bonds is 6. The molecule has 1 aromatic rings. The number of methoxy groups -OCH3 is 1. The highest BCUT2D eigenvalue weighted by atomic mass is 16.5. The van der Waals surface area contributed by atoms with Gasteiger partial charge in [-0.2, -0.15) is 0 Å². The van der Waals surface area contributed by atoms with Crippen molar-refractivity contribution in [1.29, 1.82) is 0 Å². The molecule has 1 heterocycles. The molecule has 120 valence electrons. The van der Waals surface area contributed by atoms with Gasteiger partial charge < -0.3 is 15.2 Å². The Morgan fingerprint density at radius 1 is 1.41 bits per heavy atom. The van der Waals surface area contributed by atoms with Gasteiger partial charge in [-0.25, -0.2) is 0 Å². The average molecular weight is 306 g/mol. The van der Waals surface area contributed by atoms with E-state index >= 15 is 0 Å². The Hall–Kier alpha value is -2.08. The molecule has 1 atom stereocenters. The Morgan fingerprint density at radius 3 is 2.91 bits per heavy atom. The van der Waals surface area contributed by atoms with Crippen LogP contribution in [0.4, 0.5) is 0 Å². The van der Waals surface area contributed by atoms with E-state index < -0.39 is 5.97 Å². The third-order valence-corrected chi connectivity index (χ3v) is 3.89. The number of benzene rings is 1. The predicted molar refractivity (Wildman–Crippen MR) is 81.6 cm³/mol. The van der Waals surface area contributed by atoms with Crippen molar-refractivity contribution in [2.75, 3.05) is 26.7 Å². The zero-order valence-electron chi connectivity index (χ0n) is 12.7. The van der Waals surface area contributed by atoms with Crippen molar-refractivity contribution >= 4 is 11.9 Å². The van der Waals surface area contributed by atoms with Crippen LogP contribution in [0, 0.1) is 5.92 Å². The summed E-state index contributed by atoms with van der Waals surface area (Å²) in [6.07, 6.45) is 1.51. The number of hydrogen-bond acceptors (Lipinski definition) is 4. The second-order valence-corrected chi connectivity index (χ2v) is 5.50. The number of para-hydroxylation sites is 1. The fraction of sp³-hybridized carbons (Fsp3) is 0.500. The zero-order chi connectivity index (χ0) is 15.9. The monoisotopic (exact) mass is 306 g/mol. The van der Waals surface area contributed by atoms with Crippen molar-refractivity contribution in [3.63, 3.8) is 0 Å². The van der Waals surface area contributed by atoms with Gasteiger partial charge in [0.1, 0.15) is 5.75 Å². The number of amides is 1. The van der Waals surface area contributed by atoms with E-state index in [-0.39, 0.29) is 18.4 Å². The van der Waals surface area contributed by atoms with E-state index in [1.807, 2.05) is 29.2 Å². The van der Waals surface area contributed by atoms with Crippen molar-refractivity contribution in [1.82, 2.24) is 10.2 Å². The van der Waals surface area contributed by atoms with Crippen molar-refractivity contribution < 1.29 is 19.4 Å². The molecular formula is C16H22N2O4. The summed E-state index contributed by atoms with van der Waals surface area (Å²) in [5.41, 5.74) is 0.917. The van der Waals surface area contributed by atoms with E-state index in [0.29, 0.717) is 19.5 Å². The maximum atomic E-state index is 12.0. The third kappa shape index (κ3) is 4.46. The van der Waals surface area contributed by atoms with Crippen LogP contribution in [0.1, 0.15) is 18.4 Å². The Kier molecular flexibility index (Phi) is 5.77. The maximum absolute atomic E-state index is 12.0. The molecule has 0 spiro atoms. The molecule has 2 N–H and O–H groups in total. The van der Waals surface area contributed by atoms with Crippen LogP contribution >= 0.6 is 0 Å². The number of hydrogen-bond donors (Lipinski definition) is 2. The number of nitrogens with one attached hydrogen (secondary N) is 1. The van der Waals surface area contributed by atoms with Gasteiger partial charge in [-0.15, -0.1) is 0 Å². The van der Waals surface area contributed by atoms with Crippen LogP contribution in [-0.2, 0) is 16.1 Å². The second-order valence-electron chi connectivity index (χ2n) is 5.50. The topological polar surface area (TPSA) is 78.9 Å². The van der Waals surface area contributed by atoms with Crippen molar-refractivity contribution in [3.8, 4) is 5.75 Å². The second kappa shape index (κ2) is 7.79. The number of ether oxygens (including phenoxy) is 1. The van der Waals surface area contributed by atoms with Crippen LogP contribution in [0.2, 0.25) is 0 Å². The third-order valence-electron chi connectivity index (χ3n) is 3.89. The van der Waals surface area contributed by atoms with Gasteiger partial charge in [-0.1, -0.05) is 18.2 Å². The molecule has 0 radical (unpaired) electrons. The highest BCUT2D eigenvalue weighted by molar-refractivity contribution is 5.78. The molecule has 22 heavy (non-hydrogen) atoms. The molecule has 0 aliphatic carbocycles. The molecule has 2 rings (SSSR count). The molecular weight excluding hydrogens is 284 g/mol. The first kappa shape index (κ1) is 16.3. The van der Waals surface area contributed by atoms with Crippen molar-refractivity contribution in [2.24, 2.45) is 5.92 Å². The SMILES string of the molecule is COc1ccccc1CNC(=O)CN1CCCC(C(=O)O)C1. The molecule has 1 aliphatic rings. The van der Waals surface area contributed by atoms with E-state index in [1.54, 1.807) is 7.11 Å². The summed E-state index contributed by atoms with van der Waals surface area (Å²) in [6.45, 7) is 1.85. The lowest BCUT2D eigenvalue weighted by Crippen LogP contribution is -2.44. The number of carbonyl (C=O) groups is 2. The molecule has 6 heteroatoms. The number of nitrogens with zero attached hydrogens (tertiary/aromatic N) is 1. The maximum Gasteiger partial charge on any atom is 0.307 e. The summed E-state index contributed by atoms with van der Waals surface area (Å²) < 4.78 is 5.24. The molecule has 0 bridgehead atoms. The molecule has 1 amide bonds. The number of piperidine rings is 1. The van der Waals surface area contributed by atoms with Gasteiger partial charge in [-0.3, -0.25) is 14.5 Å². The van der Waals surface area contributed by atoms with Gasteiger partial charge >= 0.3 is 5.97 Å². The molecule has 1 unspecified atom stereocenters. The van der Waals surface area contributed by atoms with Crippen LogP contribution in [0.5, 0.6) is 5.75 Å². The molecule has 6 nitrogen and oxygen atoms in total. The minimum atomic E-state index is -0.779. The van der Waals surface area contributed by atoms with Gasteiger partial charge in [0.15, 0.2) is 0 Å². The van der Waals surface area contributed by atoms with E-state index in [9.17, 15) is 9.59 Å². The first-order valence-corrected chi connectivity index (χ1v) is 7.44. The molecule has 0 aromatic heterocycles. The minimum Gasteiger partial charge on any atom is -0.496 e. The normalized spacial score (nSPS) is 18.7. The minimum absolute atomic E-state index is 0.100. The molecule has 1 saturated heterocycles. The lowest BCUT2D eigenvalue weighted by molar-refractivity contribution is -0.144. The first-order valence-electron chi connectivity index (χ1n) is 7.44. The fourth-order valence-corrected chi connectivity index (χ4v) is 2.70. The summed E-state index contributed by atoms with van der Waals surface area (Å²) in [4.78, 5) is 24.9. The number of carboxylic acids is 1. The number of aliphatic carboxylic acids is 1. The average Bonchev–Trinajstić information content (AvgIpc) is 2.53. The smallest absolute Gasteiger partial charge is 0.307 e. The van der Waals surface area contributed by atoms with Gasteiger partial charge in [0.25, 0.3) is 0 Å². The van der Waals surface area contributed by atoms with E-state index in [0.717, 1.165) is 24.3 Å². The Balaban J connectivity index is 1.81. The molecule has 1 fully saturated rings. The number of likely N-dealkylation sites (tertiary alicyclic amines) is 1. The lowest BCUT2D eigenvalue weighted by Gasteiger charge is -2.29. The van der Waals surface area contributed by atoms with Crippen LogP contribution in [-0.4, -0.2) is 48.6 Å². The molecule has 0 saturated carbocycles. The van der Waals surface area contributed by atoms with Crippen LogP contribution in [0.15, 0.2) is 24.3 Å². The number of carbonyl (C=O) groups excluding carboxylic acids is 1. The van der Waals surface area contributed by atoms with E-state index in [1.165, 1.54) is 0 Å². The van der Waals surface area contributed by atoms with Crippen LogP contribution in [0.25, 0.3) is 0 Å². The van der Waals surface area contributed by atoms with E-state index in [4.69, 9.17) is 9.84 Å².